The molecule has 2 aliphatic heterocycles. The summed E-state index contributed by atoms with van der Waals surface area (Å²) in [5, 5.41) is 2.81. The number of halogens is 2. The number of nitrogens with one attached hydrogen (secondary N) is 1. The molecule has 2 saturated heterocycles. The number of carbonyl (C=O) groups excluding carboxylic acids is 3. The molecule has 0 atom stereocenters. The van der Waals surface area contributed by atoms with Gasteiger partial charge in [-0.15, -0.1) is 0 Å². The summed E-state index contributed by atoms with van der Waals surface area (Å²) in [6.45, 7) is 2.43. The average molecular weight is 490 g/mol. The van der Waals surface area contributed by atoms with Gasteiger partial charge in [0, 0.05) is 44.7 Å². The topological polar surface area (TPSA) is 88.2 Å². The largest absolute Gasteiger partial charge is 0.490 e. The molecule has 4 rings (SSSR count). The van der Waals surface area contributed by atoms with Crippen LogP contribution in [0.25, 0.3) is 0 Å². The highest BCUT2D eigenvalue weighted by Crippen LogP contribution is 2.25. The minimum atomic E-state index is -0.777. The predicted octanol–water partition coefficient (Wildman–Crippen LogP) is 2.96. The fourth-order valence-electron chi connectivity index (χ4n) is 3.91. The van der Waals surface area contributed by atoms with Gasteiger partial charge in [-0.1, -0.05) is 11.6 Å². The lowest BCUT2D eigenvalue weighted by atomic mass is 10.1. The molecule has 8 nitrogen and oxygen atoms in total. The summed E-state index contributed by atoms with van der Waals surface area (Å²) in [5.41, 5.74) is 0.560. The number of hydrogen-bond acceptors (Lipinski definition) is 5. The van der Waals surface area contributed by atoms with Crippen molar-refractivity contribution < 1.29 is 28.2 Å². The molecule has 34 heavy (non-hydrogen) atoms. The van der Waals surface area contributed by atoms with Crippen molar-refractivity contribution in [3.05, 3.63) is 58.9 Å². The van der Waals surface area contributed by atoms with Gasteiger partial charge in [0.05, 0.1) is 23.8 Å². The van der Waals surface area contributed by atoms with Crippen LogP contribution in [0.15, 0.2) is 42.5 Å². The number of morpholine rings is 1. The maximum atomic E-state index is 13.1. The molecule has 10 heteroatoms. The van der Waals surface area contributed by atoms with E-state index in [4.69, 9.17) is 21.1 Å². The van der Waals surface area contributed by atoms with E-state index in [1.165, 1.54) is 29.2 Å². The Balaban J connectivity index is 1.35. The number of rotatable bonds is 4. The Labute approximate surface area is 201 Å². The highest BCUT2D eigenvalue weighted by Gasteiger charge is 2.27. The zero-order valence-electron chi connectivity index (χ0n) is 18.5. The van der Waals surface area contributed by atoms with E-state index in [2.05, 4.69) is 5.32 Å². The Hall–Kier alpha value is -3.17. The molecule has 180 valence electrons. The third kappa shape index (κ3) is 5.84. The van der Waals surface area contributed by atoms with Crippen molar-refractivity contribution in [2.45, 2.75) is 18.9 Å². The molecule has 0 bridgehead atoms. The summed E-state index contributed by atoms with van der Waals surface area (Å²) >= 11 is 6.28. The molecule has 2 aromatic rings. The summed E-state index contributed by atoms with van der Waals surface area (Å²) < 4.78 is 24.1. The second-order valence-electron chi connectivity index (χ2n) is 8.12. The molecule has 0 aromatic heterocycles. The van der Waals surface area contributed by atoms with E-state index in [-0.39, 0.29) is 28.4 Å². The van der Waals surface area contributed by atoms with Crippen LogP contribution in [0.5, 0.6) is 5.75 Å². The number of amides is 3. The quantitative estimate of drug-likeness (QED) is 0.667. The fourth-order valence-corrected chi connectivity index (χ4v) is 4.11. The van der Waals surface area contributed by atoms with Gasteiger partial charge < -0.3 is 24.6 Å². The molecule has 3 amide bonds. The lowest BCUT2D eigenvalue weighted by Crippen LogP contribution is -2.45. The summed E-state index contributed by atoms with van der Waals surface area (Å²) in [7, 11) is 0. The van der Waals surface area contributed by atoms with Crippen LogP contribution in [0.3, 0.4) is 0 Å². The van der Waals surface area contributed by atoms with Gasteiger partial charge in [0.1, 0.15) is 17.7 Å². The smallest absolute Gasteiger partial charge is 0.313 e. The number of piperidine rings is 1. The van der Waals surface area contributed by atoms with Crippen molar-refractivity contribution in [1.82, 2.24) is 9.80 Å². The molecule has 0 aliphatic carbocycles. The normalized spacial score (nSPS) is 16.8. The Kier molecular flexibility index (Phi) is 7.64. The van der Waals surface area contributed by atoms with Crippen LogP contribution in [0.1, 0.15) is 23.2 Å². The van der Waals surface area contributed by atoms with E-state index in [9.17, 15) is 18.8 Å². The van der Waals surface area contributed by atoms with Gasteiger partial charge >= 0.3 is 11.8 Å². The first-order chi connectivity index (χ1) is 16.4. The molecule has 2 heterocycles. The van der Waals surface area contributed by atoms with E-state index in [0.29, 0.717) is 63.7 Å². The summed E-state index contributed by atoms with van der Waals surface area (Å²) in [6.07, 6.45) is 1.15. The molecule has 2 fully saturated rings. The number of carbonyl (C=O) groups is 3. The number of likely N-dealkylation sites (tertiary alicyclic amines) is 1. The van der Waals surface area contributed by atoms with Crippen LogP contribution in [-0.4, -0.2) is 73.0 Å². The second-order valence-corrected chi connectivity index (χ2v) is 8.52. The van der Waals surface area contributed by atoms with Crippen LogP contribution in [0, 0.1) is 5.82 Å². The molecule has 0 saturated carbocycles. The van der Waals surface area contributed by atoms with Gasteiger partial charge in [0.25, 0.3) is 5.91 Å². The Morgan fingerprint density at radius 1 is 0.971 bits per heavy atom. The number of nitrogens with zero attached hydrogens (tertiary/aromatic N) is 2. The van der Waals surface area contributed by atoms with E-state index < -0.39 is 11.8 Å². The SMILES string of the molecule is O=C(Nc1ccc(Cl)c(C(=O)N2CCC(Oc3ccc(F)cc3)CC2)c1)C(=O)N1CCOCC1. The van der Waals surface area contributed by atoms with E-state index in [0.717, 1.165) is 0 Å². The number of ether oxygens (including phenoxy) is 2. The van der Waals surface area contributed by atoms with Gasteiger partial charge in [-0.05, 0) is 42.5 Å². The van der Waals surface area contributed by atoms with Gasteiger partial charge in [0.15, 0.2) is 0 Å². The monoisotopic (exact) mass is 489 g/mol. The first-order valence-electron chi connectivity index (χ1n) is 11.1. The molecular formula is C24H25ClFN3O5. The Morgan fingerprint density at radius 3 is 2.32 bits per heavy atom. The lowest BCUT2D eigenvalue weighted by Gasteiger charge is -2.32. The third-order valence-electron chi connectivity index (χ3n) is 5.79. The highest BCUT2D eigenvalue weighted by molar-refractivity contribution is 6.39. The van der Waals surface area contributed by atoms with Crippen LogP contribution >= 0.6 is 11.6 Å². The zero-order valence-corrected chi connectivity index (χ0v) is 19.2. The predicted molar refractivity (Wildman–Crippen MR) is 123 cm³/mol. The standard InChI is InChI=1S/C24H25ClFN3O5/c25-21-6-3-17(27-22(30)24(32)29-11-13-33-14-12-29)15-20(21)23(31)28-9-7-19(8-10-28)34-18-4-1-16(26)2-5-18/h1-6,15,19H,7-14H2,(H,27,30). The summed E-state index contributed by atoms with van der Waals surface area (Å²) in [5.74, 6) is -1.42. The zero-order chi connectivity index (χ0) is 24.1. The molecule has 1 N–H and O–H groups in total. The number of hydrogen-bond donors (Lipinski definition) is 1. The minimum Gasteiger partial charge on any atom is -0.490 e. The first-order valence-corrected chi connectivity index (χ1v) is 11.5. The van der Waals surface area contributed by atoms with Crippen LogP contribution in [0.4, 0.5) is 10.1 Å². The van der Waals surface area contributed by atoms with Crippen molar-refractivity contribution in [2.24, 2.45) is 0 Å². The molecule has 0 spiro atoms. The van der Waals surface area contributed by atoms with Crippen LogP contribution in [-0.2, 0) is 14.3 Å². The van der Waals surface area contributed by atoms with Crippen LogP contribution in [0.2, 0.25) is 5.02 Å². The van der Waals surface area contributed by atoms with Gasteiger partial charge in [-0.25, -0.2) is 4.39 Å². The van der Waals surface area contributed by atoms with Crippen molar-refractivity contribution in [1.29, 1.82) is 0 Å². The average Bonchev–Trinajstić information content (AvgIpc) is 2.86. The van der Waals surface area contributed by atoms with Gasteiger partial charge in [-0.2, -0.15) is 0 Å². The second kappa shape index (κ2) is 10.8. The first kappa shape index (κ1) is 24.0. The van der Waals surface area contributed by atoms with E-state index >= 15 is 0 Å². The van der Waals surface area contributed by atoms with E-state index in [1.54, 1.807) is 23.1 Å². The third-order valence-corrected chi connectivity index (χ3v) is 6.12. The maximum Gasteiger partial charge on any atom is 0.313 e. The van der Waals surface area contributed by atoms with E-state index in [1.807, 2.05) is 0 Å². The molecule has 0 unspecified atom stereocenters. The van der Waals surface area contributed by atoms with Crippen molar-refractivity contribution >= 4 is 35.0 Å². The lowest BCUT2D eigenvalue weighted by molar-refractivity contribution is -0.145. The highest BCUT2D eigenvalue weighted by atomic mass is 35.5. The Bertz CT molecular complexity index is 1050. The molecular weight excluding hydrogens is 465 g/mol. The Morgan fingerprint density at radius 2 is 1.65 bits per heavy atom. The fraction of sp³-hybridized carbons (Fsp3) is 0.375. The van der Waals surface area contributed by atoms with Crippen molar-refractivity contribution in [3.8, 4) is 5.75 Å². The number of benzene rings is 2. The number of anilines is 1. The molecule has 0 radical (unpaired) electrons. The van der Waals surface area contributed by atoms with Crippen LogP contribution < -0.4 is 10.1 Å². The van der Waals surface area contributed by atoms with Gasteiger partial charge in [-0.3, -0.25) is 14.4 Å². The summed E-state index contributed by atoms with van der Waals surface area (Å²) in [6, 6.07) is 10.4. The molecule has 2 aromatic carbocycles. The van der Waals surface area contributed by atoms with Gasteiger partial charge in [0.2, 0.25) is 0 Å². The molecule has 2 aliphatic rings. The van der Waals surface area contributed by atoms with Crippen molar-refractivity contribution in [3.63, 3.8) is 0 Å². The minimum absolute atomic E-state index is 0.0817. The van der Waals surface area contributed by atoms with Crippen molar-refractivity contribution in [2.75, 3.05) is 44.7 Å². The maximum absolute atomic E-state index is 13.1. The summed E-state index contributed by atoms with van der Waals surface area (Å²) in [4.78, 5) is 40.9.